The average Bonchev–Trinajstić information content (AvgIpc) is 3.54. The summed E-state index contributed by atoms with van der Waals surface area (Å²) in [6, 6.07) is 9.38. The molecule has 1 fully saturated rings. The molecule has 370 valence electrons. The third kappa shape index (κ3) is 10.4. The lowest BCUT2D eigenvalue weighted by molar-refractivity contribution is -0.138. The molecule has 71 heavy (non-hydrogen) atoms. The summed E-state index contributed by atoms with van der Waals surface area (Å²) in [4.78, 5) is 102. The molecule has 0 spiro atoms. The number of benzene rings is 2. The highest BCUT2D eigenvalue weighted by molar-refractivity contribution is 6.13. The highest BCUT2D eigenvalue weighted by Crippen LogP contribution is 2.34. The maximum Gasteiger partial charge on any atom is 0.276 e. The minimum atomic E-state index is -0.738. The largest absolute Gasteiger partial charge is 0.494 e. The smallest absolute Gasteiger partial charge is 0.276 e. The van der Waals surface area contributed by atoms with Crippen molar-refractivity contribution in [2.24, 2.45) is 11.5 Å². The summed E-state index contributed by atoms with van der Waals surface area (Å²) >= 11 is 0. The van der Waals surface area contributed by atoms with Crippen LogP contribution in [0.1, 0.15) is 92.6 Å². The number of nitrogens with two attached hydrogens (primary N) is 2. The van der Waals surface area contributed by atoms with Gasteiger partial charge in [0.2, 0.25) is 29.6 Å². The van der Waals surface area contributed by atoms with Crippen LogP contribution in [0.25, 0.3) is 22.1 Å². The van der Waals surface area contributed by atoms with Crippen molar-refractivity contribution in [2.45, 2.75) is 85.6 Å². The summed E-state index contributed by atoms with van der Waals surface area (Å²) in [6.45, 7) is 8.77. The number of carbonyl (C=O) groups is 7. The first-order chi connectivity index (χ1) is 34.1. The normalized spacial score (nSPS) is 13.5. The number of fused-ring (bicyclic) bond motifs is 2. The van der Waals surface area contributed by atoms with E-state index in [1.807, 2.05) is 13.8 Å². The summed E-state index contributed by atoms with van der Waals surface area (Å²) in [5, 5.41) is 14.6. The maximum absolute atomic E-state index is 13.9. The number of aryl methyl sites for hydroxylation is 4. The van der Waals surface area contributed by atoms with E-state index in [0.717, 1.165) is 17.7 Å². The summed E-state index contributed by atoms with van der Waals surface area (Å²) in [7, 11) is 1.44. The van der Waals surface area contributed by atoms with Gasteiger partial charge in [0, 0.05) is 75.0 Å². The van der Waals surface area contributed by atoms with Crippen molar-refractivity contribution >= 4 is 75.3 Å². The molecule has 1 aliphatic carbocycles. The van der Waals surface area contributed by atoms with Gasteiger partial charge in [0.05, 0.1) is 36.1 Å². The molecule has 4 aromatic heterocycles. The number of methoxy groups -OCH3 is 1. The van der Waals surface area contributed by atoms with Crippen LogP contribution in [0.3, 0.4) is 0 Å². The molecule has 0 atom stereocenters. The fourth-order valence-electron chi connectivity index (χ4n) is 8.50. The Morgan fingerprint density at radius 2 is 1.24 bits per heavy atom. The zero-order valence-corrected chi connectivity index (χ0v) is 39.9. The third-order valence-electron chi connectivity index (χ3n) is 12.0. The van der Waals surface area contributed by atoms with E-state index >= 15 is 0 Å². The van der Waals surface area contributed by atoms with E-state index in [1.54, 1.807) is 61.5 Å². The molecule has 0 unspecified atom stereocenters. The summed E-state index contributed by atoms with van der Waals surface area (Å²) in [6.07, 6.45) is 8.01. The molecule has 0 saturated heterocycles. The number of nitrogens with zero attached hydrogens (tertiary/aromatic N) is 10. The minimum Gasteiger partial charge on any atom is -0.494 e. The van der Waals surface area contributed by atoms with Gasteiger partial charge in [-0.1, -0.05) is 12.2 Å². The SMILES string of the molecule is CCn1nc(C)cc1C(=O)Nc1nc2cc(C(N)=O)cc(OC)c2n1C/C=C/Cn1c(NC(=O)c2cc(C)nn2CC)nc2cc(C(N)=O)cc(OCCCN(C(=O)CCN3C(=O)C=CC3=O)C3CC3)c21. The maximum atomic E-state index is 13.9. The topological polar surface area (TPSA) is 292 Å². The molecule has 6 aromatic rings. The van der Waals surface area contributed by atoms with E-state index in [9.17, 15) is 33.6 Å². The molecule has 0 radical (unpaired) electrons. The molecule has 6 N–H and O–H groups in total. The first-order valence-corrected chi connectivity index (χ1v) is 23.1. The third-order valence-corrected chi connectivity index (χ3v) is 12.0. The highest BCUT2D eigenvalue weighted by Gasteiger charge is 2.33. The second-order valence-corrected chi connectivity index (χ2v) is 17.0. The molecule has 2 aromatic carbocycles. The van der Waals surface area contributed by atoms with Crippen LogP contribution in [0.5, 0.6) is 11.5 Å². The first kappa shape index (κ1) is 48.8. The van der Waals surface area contributed by atoms with Crippen LogP contribution >= 0.6 is 0 Å². The van der Waals surface area contributed by atoms with Crippen LogP contribution in [0.4, 0.5) is 11.9 Å². The molecular formula is C48H54N14O9. The number of carbonyl (C=O) groups excluding carboxylic acids is 7. The highest BCUT2D eigenvalue weighted by atomic mass is 16.5. The Labute approximate surface area is 406 Å². The van der Waals surface area contributed by atoms with E-state index in [4.69, 9.17) is 30.9 Å². The Morgan fingerprint density at radius 1 is 0.746 bits per heavy atom. The quantitative estimate of drug-likeness (QED) is 0.0431. The number of ether oxygens (including phenoxy) is 2. The molecule has 7 amide bonds. The molecule has 23 heteroatoms. The molecule has 0 bridgehead atoms. The van der Waals surface area contributed by atoms with Crippen LogP contribution < -0.4 is 31.6 Å². The molecule has 1 saturated carbocycles. The number of imidazole rings is 2. The van der Waals surface area contributed by atoms with Gasteiger partial charge in [-0.3, -0.25) is 58.5 Å². The molecule has 2 aliphatic rings. The number of imide groups is 1. The van der Waals surface area contributed by atoms with E-state index in [2.05, 4.69) is 20.8 Å². The number of amides is 7. The van der Waals surface area contributed by atoms with E-state index in [1.165, 1.54) is 43.5 Å². The molecule has 8 rings (SSSR count). The van der Waals surface area contributed by atoms with Gasteiger partial charge < -0.3 is 35.0 Å². The summed E-state index contributed by atoms with van der Waals surface area (Å²) in [5.74, 6) is -2.70. The number of hydrogen-bond donors (Lipinski definition) is 4. The average molecular weight is 971 g/mol. The zero-order chi connectivity index (χ0) is 50.7. The van der Waals surface area contributed by atoms with Crippen LogP contribution in [0.15, 0.2) is 60.7 Å². The number of rotatable bonds is 22. The predicted molar refractivity (Wildman–Crippen MR) is 259 cm³/mol. The van der Waals surface area contributed by atoms with Gasteiger partial charge in [-0.05, 0) is 83.4 Å². The fourth-order valence-corrected chi connectivity index (χ4v) is 8.50. The molecular weight excluding hydrogens is 917 g/mol. The van der Waals surface area contributed by atoms with Crippen molar-refractivity contribution in [3.63, 3.8) is 0 Å². The Kier molecular flexibility index (Phi) is 14.1. The molecule has 23 nitrogen and oxygen atoms in total. The van der Waals surface area contributed by atoms with Crippen molar-refractivity contribution in [1.82, 2.24) is 48.5 Å². The number of nitrogens with one attached hydrogen (secondary N) is 2. The van der Waals surface area contributed by atoms with Crippen LogP contribution in [0, 0.1) is 13.8 Å². The Bertz CT molecular complexity index is 3170. The standard InChI is InChI=1S/C48H54N14O9/c1-6-61-34(21-27(3)55-61)45(68)53-47-51-32-23-29(43(49)66)25-36(70-5)41(32)59(47)16-8-9-17-60-42-33(52-48(60)54-46(69)35-22-28(4)56-62(35)7-2)24-30(44(50)67)26-37(42)71-20-10-18-57(31-11-12-31)40(65)15-19-58-38(63)13-14-39(58)64/h8-9,13-14,21-26,31H,6-7,10-12,15-20H2,1-5H3,(H2,49,66)(H2,50,67)(H,51,53,68)(H,52,54,69)/b9-8+. The van der Waals surface area contributed by atoms with Crippen LogP contribution in [-0.4, -0.2) is 123 Å². The van der Waals surface area contributed by atoms with Gasteiger partial charge in [-0.25, -0.2) is 9.97 Å². The lowest BCUT2D eigenvalue weighted by Gasteiger charge is -2.24. The number of hydrogen-bond acceptors (Lipinski definition) is 13. The van der Waals surface area contributed by atoms with Crippen molar-refractivity contribution in [3.05, 3.63) is 94.6 Å². The Morgan fingerprint density at radius 3 is 1.70 bits per heavy atom. The van der Waals surface area contributed by atoms with Gasteiger partial charge in [0.25, 0.3) is 23.6 Å². The van der Waals surface area contributed by atoms with Gasteiger partial charge in [0.15, 0.2) is 0 Å². The predicted octanol–water partition coefficient (Wildman–Crippen LogP) is 3.48. The zero-order valence-electron chi connectivity index (χ0n) is 39.9. The molecule has 1 aliphatic heterocycles. The minimum absolute atomic E-state index is 0.0144. The van der Waals surface area contributed by atoms with E-state index in [-0.39, 0.29) is 84.7 Å². The first-order valence-electron chi connectivity index (χ1n) is 23.1. The van der Waals surface area contributed by atoms with Gasteiger partial charge >= 0.3 is 0 Å². The van der Waals surface area contributed by atoms with Gasteiger partial charge in [0.1, 0.15) is 33.9 Å². The summed E-state index contributed by atoms with van der Waals surface area (Å²) in [5.41, 5.74) is 15.1. The van der Waals surface area contributed by atoms with Crippen molar-refractivity contribution in [1.29, 1.82) is 0 Å². The van der Waals surface area contributed by atoms with Gasteiger partial charge in [-0.15, -0.1) is 0 Å². The Balaban J connectivity index is 1.10. The Hall–Kier alpha value is -8.63. The lowest BCUT2D eigenvalue weighted by atomic mass is 10.1. The number of aromatic nitrogens is 8. The second-order valence-electron chi connectivity index (χ2n) is 17.0. The second kappa shape index (κ2) is 20.5. The number of allylic oxidation sites excluding steroid dienone is 2. The van der Waals surface area contributed by atoms with Crippen molar-refractivity contribution in [2.75, 3.05) is 37.4 Å². The van der Waals surface area contributed by atoms with Gasteiger partial charge in [-0.2, -0.15) is 10.2 Å². The van der Waals surface area contributed by atoms with Crippen molar-refractivity contribution in [3.8, 4) is 11.5 Å². The lowest BCUT2D eigenvalue weighted by Crippen LogP contribution is -2.38. The van der Waals surface area contributed by atoms with E-state index in [0.29, 0.717) is 65.4 Å². The summed E-state index contributed by atoms with van der Waals surface area (Å²) < 4.78 is 18.7. The number of anilines is 2. The van der Waals surface area contributed by atoms with Crippen LogP contribution in [-0.2, 0) is 40.6 Å². The fraction of sp³-hybridized carbons (Fsp3) is 0.354. The molecule has 5 heterocycles. The van der Waals surface area contributed by atoms with E-state index < -0.39 is 35.4 Å². The monoisotopic (exact) mass is 970 g/mol. The van der Waals surface area contributed by atoms with Crippen molar-refractivity contribution < 1.29 is 43.0 Å². The van der Waals surface area contributed by atoms with Crippen LogP contribution in [0.2, 0.25) is 0 Å². The number of primary amides is 2.